The molecule has 2 atom stereocenters. The van der Waals surface area contributed by atoms with Gasteiger partial charge < -0.3 is 10.6 Å². The molecule has 2 N–H and O–H groups in total. The van der Waals surface area contributed by atoms with Gasteiger partial charge in [0.25, 0.3) is 0 Å². The van der Waals surface area contributed by atoms with E-state index in [1.165, 1.54) is 5.56 Å². The van der Waals surface area contributed by atoms with Gasteiger partial charge in [-0.05, 0) is 54.7 Å². The first kappa shape index (κ1) is 16.0. The maximum atomic E-state index is 12.0. The molecule has 0 saturated carbocycles. The molecule has 1 aromatic heterocycles. The van der Waals surface area contributed by atoms with Crippen molar-refractivity contribution in [2.45, 2.75) is 39.2 Å². The van der Waals surface area contributed by atoms with E-state index in [2.05, 4.69) is 41.6 Å². The summed E-state index contributed by atoms with van der Waals surface area (Å²) >= 11 is 0. The molecule has 0 spiro atoms. The van der Waals surface area contributed by atoms with E-state index in [4.69, 9.17) is 0 Å². The van der Waals surface area contributed by atoms with E-state index in [1.807, 2.05) is 31.2 Å². The number of hydrogen-bond donors (Lipinski definition) is 2. The highest BCUT2D eigenvalue weighted by atomic mass is 16.2. The number of benzene rings is 1. The quantitative estimate of drug-likeness (QED) is 0.855. The minimum Gasteiger partial charge on any atom is -0.331 e. The molecule has 2 aromatic rings. The van der Waals surface area contributed by atoms with Gasteiger partial charge in [0.15, 0.2) is 0 Å². The predicted molar refractivity (Wildman–Crippen MR) is 90.0 cm³/mol. The summed E-state index contributed by atoms with van der Waals surface area (Å²) in [5, 5.41) is 5.78. The SMILES string of the molecule is CC[C@@H](C)c1ccc(NC(=O)N[C@@H](C)c2ccncc2)cc1. The van der Waals surface area contributed by atoms with Gasteiger partial charge in [0.2, 0.25) is 0 Å². The topological polar surface area (TPSA) is 54.0 Å². The third-order valence-corrected chi connectivity index (χ3v) is 3.90. The summed E-state index contributed by atoms with van der Waals surface area (Å²) < 4.78 is 0. The number of carbonyl (C=O) groups excluding carboxylic acids is 1. The van der Waals surface area contributed by atoms with Crippen LogP contribution in [-0.4, -0.2) is 11.0 Å². The minimum atomic E-state index is -0.208. The first-order chi connectivity index (χ1) is 10.6. The fraction of sp³-hybridized carbons (Fsp3) is 0.333. The lowest BCUT2D eigenvalue weighted by atomic mass is 9.99. The Balaban J connectivity index is 1.92. The Morgan fingerprint density at radius 3 is 2.27 bits per heavy atom. The molecular weight excluding hydrogens is 274 g/mol. The van der Waals surface area contributed by atoms with Crippen molar-refractivity contribution in [3.05, 3.63) is 59.9 Å². The molecule has 0 saturated heterocycles. The minimum absolute atomic E-state index is 0.0672. The van der Waals surface area contributed by atoms with Crippen LogP contribution in [0.4, 0.5) is 10.5 Å². The smallest absolute Gasteiger partial charge is 0.319 e. The summed E-state index contributed by atoms with van der Waals surface area (Å²) in [5.41, 5.74) is 3.11. The van der Waals surface area contributed by atoms with Crippen molar-refractivity contribution >= 4 is 11.7 Å². The second-order valence-corrected chi connectivity index (χ2v) is 5.53. The Labute approximate surface area is 132 Å². The number of amides is 2. The van der Waals surface area contributed by atoms with Crippen LogP contribution < -0.4 is 10.6 Å². The molecule has 0 aliphatic heterocycles. The molecular formula is C18H23N3O. The zero-order chi connectivity index (χ0) is 15.9. The van der Waals surface area contributed by atoms with Crippen LogP contribution in [0.25, 0.3) is 0 Å². The fourth-order valence-corrected chi connectivity index (χ4v) is 2.23. The Kier molecular flexibility index (Phi) is 5.53. The van der Waals surface area contributed by atoms with Crippen LogP contribution in [-0.2, 0) is 0 Å². The van der Waals surface area contributed by atoms with Crippen molar-refractivity contribution in [2.75, 3.05) is 5.32 Å². The molecule has 0 radical (unpaired) electrons. The van der Waals surface area contributed by atoms with Crippen molar-refractivity contribution in [2.24, 2.45) is 0 Å². The van der Waals surface area contributed by atoms with E-state index in [0.717, 1.165) is 17.7 Å². The summed E-state index contributed by atoms with van der Waals surface area (Å²) in [4.78, 5) is 16.0. The van der Waals surface area contributed by atoms with E-state index in [0.29, 0.717) is 5.92 Å². The van der Waals surface area contributed by atoms with Crippen molar-refractivity contribution in [3.8, 4) is 0 Å². The molecule has 0 bridgehead atoms. The number of aromatic nitrogens is 1. The molecule has 1 aromatic carbocycles. The first-order valence-corrected chi connectivity index (χ1v) is 7.67. The standard InChI is InChI=1S/C18H23N3O/c1-4-13(2)15-5-7-17(8-6-15)21-18(22)20-14(3)16-9-11-19-12-10-16/h5-14H,4H2,1-3H3,(H2,20,21,22)/t13-,14+/m1/s1. The zero-order valence-electron chi connectivity index (χ0n) is 13.3. The van der Waals surface area contributed by atoms with E-state index in [-0.39, 0.29) is 12.1 Å². The highest BCUT2D eigenvalue weighted by molar-refractivity contribution is 5.89. The van der Waals surface area contributed by atoms with Crippen molar-refractivity contribution in [1.82, 2.24) is 10.3 Å². The van der Waals surface area contributed by atoms with Gasteiger partial charge in [0, 0.05) is 18.1 Å². The lowest BCUT2D eigenvalue weighted by Gasteiger charge is -2.15. The maximum Gasteiger partial charge on any atom is 0.319 e. The average Bonchev–Trinajstić information content (AvgIpc) is 2.55. The molecule has 2 rings (SSSR count). The number of pyridine rings is 1. The highest BCUT2D eigenvalue weighted by Gasteiger charge is 2.09. The third kappa shape index (κ3) is 4.32. The highest BCUT2D eigenvalue weighted by Crippen LogP contribution is 2.20. The van der Waals surface area contributed by atoms with E-state index < -0.39 is 0 Å². The molecule has 0 aliphatic rings. The summed E-state index contributed by atoms with van der Waals surface area (Å²) in [5.74, 6) is 0.537. The van der Waals surface area contributed by atoms with Gasteiger partial charge in [-0.1, -0.05) is 26.0 Å². The number of rotatable bonds is 5. The van der Waals surface area contributed by atoms with Crippen molar-refractivity contribution in [3.63, 3.8) is 0 Å². The second kappa shape index (κ2) is 7.59. The predicted octanol–water partition coefficient (Wildman–Crippen LogP) is 4.48. The van der Waals surface area contributed by atoms with Crippen LogP contribution in [0.5, 0.6) is 0 Å². The number of urea groups is 1. The normalized spacial score (nSPS) is 13.2. The lowest BCUT2D eigenvalue weighted by molar-refractivity contribution is 0.249. The van der Waals surface area contributed by atoms with Crippen LogP contribution in [0.3, 0.4) is 0 Å². The Bertz CT molecular complexity index is 595. The molecule has 4 heteroatoms. The summed E-state index contributed by atoms with van der Waals surface area (Å²) in [6.45, 7) is 6.32. The van der Waals surface area contributed by atoms with Gasteiger partial charge >= 0.3 is 6.03 Å². The van der Waals surface area contributed by atoms with Gasteiger partial charge in [0.1, 0.15) is 0 Å². The summed E-state index contributed by atoms with van der Waals surface area (Å²) in [6.07, 6.45) is 4.55. The van der Waals surface area contributed by atoms with Gasteiger partial charge in [-0.15, -0.1) is 0 Å². The monoisotopic (exact) mass is 297 g/mol. The number of anilines is 1. The number of carbonyl (C=O) groups is 1. The molecule has 2 amide bonds. The van der Waals surface area contributed by atoms with Gasteiger partial charge in [-0.3, -0.25) is 4.98 Å². The first-order valence-electron chi connectivity index (χ1n) is 7.67. The van der Waals surface area contributed by atoms with Gasteiger partial charge in [-0.25, -0.2) is 4.79 Å². The number of nitrogens with zero attached hydrogens (tertiary/aromatic N) is 1. The number of nitrogens with one attached hydrogen (secondary N) is 2. The fourth-order valence-electron chi connectivity index (χ4n) is 2.23. The van der Waals surface area contributed by atoms with Gasteiger partial charge in [-0.2, -0.15) is 0 Å². The molecule has 1 heterocycles. The van der Waals surface area contributed by atoms with Gasteiger partial charge in [0.05, 0.1) is 6.04 Å². The maximum absolute atomic E-state index is 12.0. The Morgan fingerprint density at radius 2 is 1.68 bits per heavy atom. The van der Waals surface area contributed by atoms with Crippen LogP contribution in [0.15, 0.2) is 48.8 Å². The molecule has 22 heavy (non-hydrogen) atoms. The lowest BCUT2D eigenvalue weighted by Crippen LogP contribution is -2.31. The third-order valence-electron chi connectivity index (χ3n) is 3.90. The largest absolute Gasteiger partial charge is 0.331 e. The van der Waals surface area contributed by atoms with E-state index >= 15 is 0 Å². The molecule has 0 aliphatic carbocycles. The van der Waals surface area contributed by atoms with Crippen LogP contribution in [0, 0.1) is 0 Å². The Hall–Kier alpha value is -2.36. The van der Waals surface area contributed by atoms with Crippen LogP contribution in [0.1, 0.15) is 50.3 Å². The molecule has 4 nitrogen and oxygen atoms in total. The van der Waals surface area contributed by atoms with Crippen molar-refractivity contribution in [1.29, 1.82) is 0 Å². The number of hydrogen-bond acceptors (Lipinski definition) is 2. The molecule has 0 fully saturated rings. The summed E-state index contributed by atoms with van der Waals surface area (Å²) in [7, 11) is 0. The van der Waals surface area contributed by atoms with E-state index in [1.54, 1.807) is 12.4 Å². The Morgan fingerprint density at radius 1 is 1.05 bits per heavy atom. The second-order valence-electron chi connectivity index (χ2n) is 5.53. The zero-order valence-corrected chi connectivity index (χ0v) is 13.3. The summed E-state index contributed by atoms with van der Waals surface area (Å²) in [6, 6.07) is 11.5. The molecule has 116 valence electrons. The van der Waals surface area contributed by atoms with Crippen LogP contribution in [0.2, 0.25) is 0 Å². The van der Waals surface area contributed by atoms with Crippen LogP contribution >= 0.6 is 0 Å². The van der Waals surface area contributed by atoms with Crippen molar-refractivity contribution < 1.29 is 4.79 Å². The molecule has 0 unspecified atom stereocenters. The average molecular weight is 297 g/mol. The van der Waals surface area contributed by atoms with E-state index in [9.17, 15) is 4.79 Å².